The van der Waals surface area contributed by atoms with Gasteiger partial charge < -0.3 is 15.0 Å². The van der Waals surface area contributed by atoms with Crippen LogP contribution < -0.4 is 5.32 Å². The fourth-order valence-corrected chi connectivity index (χ4v) is 4.62. The van der Waals surface area contributed by atoms with Crippen molar-refractivity contribution < 1.29 is 23.9 Å². The number of hydrogen-bond donors (Lipinski definition) is 1. The van der Waals surface area contributed by atoms with Crippen LogP contribution in [0.25, 0.3) is 0 Å². The molecule has 1 spiro atoms. The van der Waals surface area contributed by atoms with Crippen LogP contribution in [0.2, 0.25) is 0 Å². The minimum Gasteiger partial charge on any atom is -0.451 e. The highest BCUT2D eigenvalue weighted by Gasteiger charge is 2.53. The van der Waals surface area contributed by atoms with Crippen LogP contribution >= 0.6 is 0 Å². The Balaban J connectivity index is 1.58. The number of urea groups is 1. The average Bonchev–Trinajstić information content (AvgIpc) is 3.15. The second-order valence-electron chi connectivity index (χ2n) is 8.12. The average molecular weight is 379 g/mol. The number of amides is 4. The number of imide groups is 1. The molecule has 3 rings (SSSR count). The van der Waals surface area contributed by atoms with Gasteiger partial charge >= 0.3 is 12.0 Å². The lowest BCUT2D eigenvalue weighted by Crippen LogP contribution is -2.52. The van der Waals surface area contributed by atoms with E-state index in [9.17, 15) is 19.2 Å². The summed E-state index contributed by atoms with van der Waals surface area (Å²) in [6, 6.07) is -0.345. The Labute approximate surface area is 159 Å². The highest BCUT2D eigenvalue weighted by molar-refractivity contribution is 6.08. The maximum absolute atomic E-state index is 12.7. The number of carbonyl (C=O) groups is 4. The number of carbonyl (C=O) groups excluding carboxylic acids is 4. The van der Waals surface area contributed by atoms with E-state index in [-0.39, 0.29) is 23.9 Å². The Morgan fingerprint density at radius 1 is 1.15 bits per heavy atom. The molecule has 27 heavy (non-hydrogen) atoms. The lowest BCUT2D eigenvalue weighted by Gasteiger charge is -2.40. The molecule has 3 fully saturated rings. The van der Waals surface area contributed by atoms with Crippen molar-refractivity contribution in [1.29, 1.82) is 0 Å². The van der Waals surface area contributed by atoms with E-state index in [0.717, 1.165) is 37.0 Å². The van der Waals surface area contributed by atoms with Crippen LogP contribution in [0, 0.1) is 0 Å². The summed E-state index contributed by atoms with van der Waals surface area (Å²) >= 11 is 0. The summed E-state index contributed by atoms with van der Waals surface area (Å²) in [5.74, 6) is -1.33. The highest BCUT2D eigenvalue weighted by Crippen LogP contribution is 2.35. The van der Waals surface area contributed by atoms with Gasteiger partial charge in [0.25, 0.3) is 11.8 Å². The predicted octanol–water partition coefficient (Wildman–Crippen LogP) is 1.57. The Kier molecular flexibility index (Phi) is 5.44. The van der Waals surface area contributed by atoms with Crippen LogP contribution in [0.15, 0.2) is 0 Å². The van der Waals surface area contributed by atoms with Gasteiger partial charge in [-0.05, 0) is 52.9 Å². The van der Waals surface area contributed by atoms with Crippen molar-refractivity contribution >= 4 is 23.8 Å². The number of piperidine rings is 1. The van der Waals surface area contributed by atoms with Gasteiger partial charge in [-0.15, -0.1) is 0 Å². The first-order valence-electron chi connectivity index (χ1n) is 9.91. The summed E-state index contributed by atoms with van der Waals surface area (Å²) in [4.78, 5) is 52.4. The standard InChI is InChI=1S/C19H29N3O5/c1-12-7-6-8-13(2)22(12)16(24)14(3)27-15(23)11-21-17(25)19(20-18(21)26)9-4-5-10-19/h12-14H,4-11H2,1-3H3,(H,20,26)/t12-,13+,14-/m1/s1. The fourth-order valence-electron chi connectivity index (χ4n) is 4.62. The Bertz CT molecular complexity index is 633. The van der Waals surface area contributed by atoms with Gasteiger partial charge in [-0.25, -0.2) is 4.79 Å². The van der Waals surface area contributed by atoms with Gasteiger partial charge in [-0.1, -0.05) is 12.8 Å². The van der Waals surface area contributed by atoms with Crippen molar-refractivity contribution in [3.63, 3.8) is 0 Å². The number of ether oxygens (including phenoxy) is 1. The van der Waals surface area contributed by atoms with Gasteiger partial charge in [0.05, 0.1) is 0 Å². The van der Waals surface area contributed by atoms with E-state index in [0.29, 0.717) is 12.8 Å². The molecule has 8 nitrogen and oxygen atoms in total. The van der Waals surface area contributed by atoms with Crippen LogP contribution in [0.4, 0.5) is 4.79 Å². The number of nitrogens with zero attached hydrogens (tertiary/aromatic N) is 2. The molecule has 2 saturated heterocycles. The van der Waals surface area contributed by atoms with Gasteiger partial charge in [0.1, 0.15) is 12.1 Å². The van der Waals surface area contributed by atoms with Crippen molar-refractivity contribution in [3.8, 4) is 0 Å². The van der Waals surface area contributed by atoms with Crippen LogP contribution in [-0.4, -0.2) is 63.9 Å². The number of nitrogens with one attached hydrogen (secondary N) is 1. The van der Waals surface area contributed by atoms with E-state index in [1.165, 1.54) is 0 Å². The Morgan fingerprint density at radius 3 is 2.33 bits per heavy atom. The molecule has 0 radical (unpaired) electrons. The van der Waals surface area contributed by atoms with Crippen LogP contribution in [0.3, 0.4) is 0 Å². The van der Waals surface area contributed by atoms with E-state index in [1.807, 2.05) is 13.8 Å². The lowest BCUT2D eigenvalue weighted by molar-refractivity contribution is -0.163. The molecule has 3 atom stereocenters. The predicted molar refractivity (Wildman–Crippen MR) is 96.6 cm³/mol. The Hall–Kier alpha value is -2.12. The zero-order valence-corrected chi connectivity index (χ0v) is 16.3. The minimum absolute atomic E-state index is 0.107. The lowest BCUT2D eigenvalue weighted by atomic mass is 9.97. The molecular formula is C19H29N3O5. The molecule has 0 aromatic carbocycles. The minimum atomic E-state index is -0.943. The van der Waals surface area contributed by atoms with Crippen molar-refractivity contribution in [2.45, 2.75) is 89.4 Å². The summed E-state index contributed by atoms with van der Waals surface area (Å²) in [6.45, 7) is 5.07. The van der Waals surface area contributed by atoms with Gasteiger partial charge in [0, 0.05) is 12.1 Å². The van der Waals surface area contributed by atoms with E-state index >= 15 is 0 Å². The molecule has 8 heteroatoms. The van der Waals surface area contributed by atoms with Crippen molar-refractivity contribution in [3.05, 3.63) is 0 Å². The van der Waals surface area contributed by atoms with Gasteiger partial charge in [0.15, 0.2) is 6.10 Å². The third kappa shape index (κ3) is 3.66. The zero-order valence-electron chi connectivity index (χ0n) is 16.3. The molecular weight excluding hydrogens is 350 g/mol. The normalized spacial score (nSPS) is 28.4. The molecule has 1 N–H and O–H groups in total. The van der Waals surface area contributed by atoms with Crippen LogP contribution in [0.5, 0.6) is 0 Å². The Morgan fingerprint density at radius 2 is 1.74 bits per heavy atom. The van der Waals surface area contributed by atoms with Gasteiger partial charge in [-0.3, -0.25) is 19.3 Å². The van der Waals surface area contributed by atoms with E-state index in [2.05, 4.69) is 5.32 Å². The number of likely N-dealkylation sites (tertiary alicyclic amines) is 1. The summed E-state index contributed by atoms with van der Waals surface area (Å²) < 4.78 is 5.27. The third-order valence-electron chi connectivity index (χ3n) is 6.09. The first-order valence-corrected chi connectivity index (χ1v) is 9.91. The summed E-state index contributed by atoms with van der Waals surface area (Å²) in [7, 11) is 0. The molecule has 2 aliphatic heterocycles. The quantitative estimate of drug-likeness (QED) is 0.591. The first kappa shape index (κ1) is 19.6. The molecule has 0 bridgehead atoms. The summed E-state index contributed by atoms with van der Waals surface area (Å²) in [5, 5.41) is 2.73. The van der Waals surface area contributed by atoms with Crippen molar-refractivity contribution in [2.75, 3.05) is 6.54 Å². The molecule has 4 amide bonds. The molecule has 0 unspecified atom stereocenters. The number of rotatable bonds is 4. The monoisotopic (exact) mass is 379 g/mol. The van der Waals surface area contributed by atoms with E-state index < -0.39 is 30.2 Å². The smallest absolute Gasteiger partial charge is 0.327 e. The summed E-state index contributed by atoms with van der Waals surface area (Å²) in [6.07, 6.45) is 4.95. The maximum atomic E-state index is 12.7. The molecule has 2 heterocycles. The van der Waals surface area contributed by atoms with E-state index in [1.54, 1.807) is 11.8 Å². The molecule has 0 aromatic rings. The molecule has 0 aromatic heterocycles. The second-order valence-corrected chi connectivity index (χ2v) is 8.12. The third-order valence-corrected chi connectivity index (χ3v) is 6.09. The molecule has 1 aliphatic carbocycles. The van der Waals surface area contributed by atoms with E-state index in [4.69, 9.17) is 4.74 Å². The molecule has 3 aliphatic rings. The maximum Gasteiger partial charge on any atom is 0.327 e. The first-order chi connectivity index (χ1) is 12.7. The van der Waals surface area contributed by atoms with Crippen LogP contribution in [-0.2, 0) is 19.1 Å². The van der Waals surface area contributed by atoms with Crippen molar-refractivity contribution in [1.82, 2.24) is 15.1 Å². The molecule has 150 valence electrons. The summed E-state index contributed by atoms with van der Waals surface area (Å²) in [5.41, 5.74) is -0.850. The number of esters is 1. The largest absolute Gasteiger partial charge is 0.451 e. The highest BCUT2D eigenvalue weighted by atomic mass is 16.5. The van der Waals surface area contributed by atoms with Gasteiger partial charge in [0.2, 0.25) is 0 Å². The van der Waals surface area contributed by atoms with Crippen LogP contribution in [0.1, 0.15) is 65.7 Å². The van der Waals surface area contributed by atoms with Gasteiger partial charge in [-0.2, -0.15) is 0 Å². The SMILES string of the molecule is C[C@@H]1CCC[C@H](C)N1C(=O)[C@@H](C)OC(=O)CN1C(=O)NC2(CCCC2)C1=O. The zero-order chi connectivity index (χ0) is 19.8. The second kappa shape index (κ2) is 7.48. The fraction of sp³-hybridized carbons (Fsp3) is 0.789. The van der Waals surface area contributed by atoms with Crippen molar-refractivity contribution in [2.24, 2.45) is 0 Å². The topological polar surface area (TPSA) is 96.0 Å². The molecule has 1 saturated carbocycles. The number of hydrogen-bond acceptors (Lipinski definition) is 5.